The maximum absolute atomic E-state index is 12.7. The lowest BCUT2D eigenvalue weighted by Gasteiger charge is -2.23. The van der Waals surface area contributed by atoms with Crippen LogP contribution in [0.4, 0.5) is 0 Å². The van der Waals surface area contributed by atoms with E-state index in [1.165, 1.54) is 18.2 Å². The monoisotopic (exact) mass is 309 g/mol. The maximum Gasteiger partial charge on any atom is 0.326 e. The van der Waals surface area contributed by atoms with Gasteiger partial charge >= 0.3 is 5.97 Å². The Kier molecular flexibility index (Phi) is 4.28. The van der Waals surface area contributed by atoms with E-state index in [2.05, 4.69) is 5.10 Å². The number of carbonyl (C=O) groups excluding carboxylic acids is 1. The van der Waals surface area contributed by atoms with E-state index in [0.29, 0.717) is 12.0 Å². The van der Waals surface area contributed by atoms with E-state index in [1.807, 2.05) is 27.7 Å². The molecule has 2 unspecified atom stereocenters. The molecule has 0 aromatic carbocycles. The molecule has 2 atom stereocenters. The first kappa shape index (κ1) is 16.5. The smallest absolute Gasteiger partial charge is 0.326 e. The average molecular weight is 309 g/mol. The van der Waals surface area contributed by atoms with Crippen molar-refractivity contribution in [1.82, 2.24) is 14.7 Å². The van der Waals surface area contributed by atoms with Crippen LogP contribution in [0.1, 0.15) is 43.2 Å². The molecule has 0 spiro atoms. The Morgan fingerprint density at radius 2 is 2.05 bits per heavy atom. The van der Waals surface area contributed by atoms with Gasteiger partial charge in [-0.3, -0.25) is 9.48 Å². The van der Waals surface area contributed by atoms with E-state index < -0.39 is 12.0 Å². The molecule has 1 N–H and O–H groups in total. The zero-order chi connectivity index (χ0) is 16.7. The Labute approximate surface area is 129 Å². The molecule has 1 aliphatic heterocycles. The molecule has 1 fully saturated rings. The van der Waals surface area contributed by atoms with Crippen LogP contribution in [-0.4, -0.2) is 57.5 Å². The third kappa shape index (κ3) is 2.85. The van der Waals surface area contributed by atoms with Crippen LogP contribution in [0, 0.1) is 6.92 Å². The van der Waals surface area contributed by atoms with Crippen molar-refractivity contribution < 1.29 is 19.4 Å². The molecule has 1 saturated heterocycles. The number of aliphatic carboxylic acids is 1. The summed E-state index contributed by atoms with van der Waals surface area (Å²) in [4.78, 5) is 25.5. The minimum Gasteiger partial charge on any atom is -0.480 e. The second kappa shape index (κ2) is 5.72. The number of nitrogens with zero attached hydrogens (tertiary/aromatic N) is 3. The van der Waals surface area contributed by atoms with Gasteiger partial charge in [-0.25, -0.2) is 4.79 Å². The van der Waals surface area contributed by atoms with Gasteiger partial charge in [0.2, 0.25) is 0 Å². The molecule has 1 amide bonds. The number of carboxylic acids is 1. The fourth-order valence-corrected chi connectivity index (χ4v) is 2.88. The predicted octanol–water partition coefficient (Wildman–Crippen LogP) is 1.26. The van der Waals surface area contributed by atoms with Crippen LogP contribution < -0.4 is 0 Å². The standard InChI is InChI=1S/C15H23N3O4/c1-9-11(7-16-18(9)15(2,3)4)13(19)17-8-10(22-5)6-12(17)14(20)21/h7,10,12H,6,8H2,1-5H3,(H,20,21). The van der Waals surface area contributed by atoms with Crippen molar-refractivity contribution in [3.8, 4) is 0 Å². The second-order valence-corrected chi connectivity index (χ2v) is 6.63. The van der Waals surface area contributed by atoms with E-state index in [1.54, 1.807) is 4.68 Å². The summed E-state index contributed by atoms with van der Waals surface area (Å²) in [6, 6.07) is -0.852. The summed E-state index contributed by atoms with van der Waals surface area (Å²) in [5.74, 6) is -1.31. The number of hydrogen-bond acceptors (Lipinski definition) is 4. The van der Waals surface area contributed by atoms with Gasteiger partial charge in [0.25, 0.3) is 5.91 Å². The number of carboxylic acid groups (broad SMARTS) is 1. The van der Waals surface area contributed by atoms with Gasteiger partial charge in [0, 0.05) is 25.8 Å². The summed E-state index contributed by atoms with van der Waals surface area (Å²) in [7, 11) is 1.53. The molecule has 1 aromatic rings. The van der Waals surface area contributed by atoms with E-state index in [4.69, 9.17) is 4.74 Å². The zero-order valence-corrected chi connectivity index (χ0v) is 13.7. The SMILES string of the molecule is COC1CC(C(=O)O)N(C(=O)c2cnn(C(C)(C)C)c2C)C1. The maximum atomic E-state index is 12.7. The number of methoxy groups -OCH3 is 1. The van der Waals surface area contributed by atoms with Crippen molar-refractivity contribution in [2.75, 3.05) is 13.7 Å². The summed E-state index contributed by atoms with van der Waals surface area (Å²) in [6.07, 6.45) is 1.58. The molecule has 7 nitrogen and oxygen atoms in total. The molecular formula is C15H23N3O4. The Hall–Kier alpha value is -1.89. The van der Waals surface area contributed by atoms with Crippen molar-refractivity contribution >= 4 is 11.9 Å². The molecule has 0 aliphatic carbocycles. The minimum atomic E-state index is -1.01. The number of carbonyl (C=O) groups is 2. The number of amides is 1. The van der Waals surface area contributed by atoms with Crippen LogP contribution in [-0.2, 0) is 15.1 Å². The Bertz CT molecular complexity index is 588. The van der Waals surface area contributed by atoms with Gasteiger partial charge in [-0.1, -0.05) is 0 Å². The van der Waals surface area contributed by atoms with Crippen molar-refractivity contribution in [3.05, 3.63) is 17.5 Å². The lowest BCUT2D eigenvalue weighted by Crippen LogP contribution is -2.40. The van der Waals surface area contributed by atoms with Crippen molar-refractivity contribution in [3.63, 3.8) is 0 Å². The van der Waals surface area contributed by atoms with Crippen molar-refractivity contribution in [2.45, 2.75) is 51.8 Å². The highest BCUT2D eigenvalue weighted by atomic mass is 16.5. The minimum absolute atomic E-state index is 0.241. The van der Waals surface area contributed by atoms with Gasteiger partial charge in [0.05, 0.1) is 23.4 Å². The number of ether oxygens (including phenoxy) is 1. The first-order valence-corrected chi connectivity index (χ1v) is 7.28. The normalized spacial score (nSPS) is 22.1. The zero-order valence-electron chi connectivity index (χ0n) is 13.7. The van der Waals surface area contributed by atoms with Crippen LogP contribution in [0.5, 0.6) is 0 Å². The summed E-state index contributed by atoms with van der Waals surface area (Å²) in [5, 5.41) is 13.6. The van der Waals surface area contributed by atoms with E-state index in [0.717, 1.165) is 5.69 Å². The van der Waals surface area contributed by atoms with Gasteiger partial charge < -0.3 is 14.7 Å². The highest BCUT2D eigenvalue weighted by molar-refractivity contribution is 5.97. The number of aromatic nitrogens is 2. The predicted molar refractivity (Wildman–Crippen MR) is 79.8 cm³/mol. The molecular weight excluding hydrogens is 286 g/mol. The van der Waals surface area contributed by atoms with Crippen molar-refractivity contribution in [1.29, 1.82) is 0 Å². The fourth-order valence-electron chi connectivity index (χ4n) is 2.88. The molecule has 2 heterocycles. The number of likely N-dealkylation sites (tertiary alicyclic amines) is 1. The molecule has 2 rings (SSSR count). The molecule has 7 heteroatoms. The topological polar surface area (TPSA) is 84.7 Å². The molecule has 122 valence electrons. The van der Waals surface area contributed by atoms with Crippen LogP contribution >= 0.6 is 0 Å². The average Bonchev–Trinajstić information content (AvgIpc) is 3.00. The van der Waals surface area contributed by atoms with Gasteiger partial charge in [0.15, 0.2) is 0 Å². The van der Waals surface area contributed by atoms with Crippen molar-refractivity contribution in [2.24, 2.45) is 0 Å². The van der Waals surface area contributed by atoms with Crippen LogP contribution in [0.15, 0.2) is 6.20 Å². The summed E-state index contributed by atoms with van der Waals surface area (Å²) < 4.78 is 7.00. The van der Waals surface area contributed by atoms with E-state index >= 15 is 0 Å². The van der Waals surface area contributed by atoms with Gasteiger partial charge in [-0.05, 0) is 27.7 Å². The quantitative estimate of drug-likeness (QED) is 0.908. The molecule has 1 aliphatic rings. The Morgan fingerprint density at radius 3 is 2.50 bits per heavy atom. The largest absolute Gasteiger partial charge is 0.480 e. The Morgan fingerprint density at radius 1 is 1.41 bits per heavy atom. The molecule has 0 radical (unpaired) electrons. The molecule has 0 saturated carbocycles. The second-order valence-electron chi connectivity index (χ2n) is 6.63. The fraction of sp³-hybridized carbons (Fsp3) is 0.667. The van der Waals surface area contributed by atoms with E-state index in [9.17, 15) is 14.7 Å². The Balaban J connectivity index is 2.31. The summed E-state index contributed by atoms with van der Waals surface area (Å²) >= 11 is 0. The lowest BCUT2D eigenvalue weighted by atomic mass is 10.1. The van der Waals surface area contributed by atoms with Crippen LogP contribution in [0.2, 0.25) is 0 Å². The van der Waals surface area contributed by atoms with Crippen LogP contribution in [0.3, 0.4) is 0 Å². The third-order valence-corrected chi connectivity index (χ3v) is 4.02. The first-order chi connectivity index (χ1) is 10.2. The van der Waals surface area contributed by atoms with Crippen LogP contribution in [0.25, 0.3) is 0 Å². The highest BCUT2D eigenvalue weighted by Crippen LogP contribution is 2.25. The summed E-state index contributed by atoms with van der Waals surface area (Å²) in [5.41, 5.74) is 0.940. The third-order valence-electron chi connectivity index (χ3n) is 4.02. The summed E-state index contributed by atoms with van der Waals surface area (Å²) in [6.45, 7) is 8.10. The lowest BCUT2D eigenvalue weighted by molar-refractivity contribution is -0.141. The molecule has 22 heavy (non-hydrogen) atoms. The first-order valence-electron chi connectivity index (χ1n) is 7.28. The van der Waals surface area contributed by atoms with E-state index in [-0.39, 0.29) is 24.1 Å². The van der Waals surface area contributed by atoms with Gasteiger partial charge in [-0.15, -0.1) is 0 Å². The molecule has 1 aromatic heterocycles. The number of hydrogen-bond donors (Lipinski definition) is 1. The van der Waals surface area contributed by atoms with Gasteiger partial charge in [-0.2, -0.15) is 5.10 Å². The number of rotatable bonds is 3. The highest BCUT2D eigenvalue weighted by Gasteiger charge is 2.41. The van der Waals surface area contributed by atoms with Gasteiger partial charge in [0.1, 0.15) is 6.04 Å². The molecule has 0 bridgehead atoms.